The lowest BCUT2D eigenvalue weighted by Crippen LogP contribution is -2.14. The normalized spacial score (nSPS) is 10.1. The first-order valence-electron chi connectivity index (χ1n) is 5.25. The number of nitrogens with one attached hydrogen (secondary N) is 1. The third kappa shape index (κ3) is 3.09. The van der Waals surface area contributed by atoms with Crippen molar-refractivity contribution >= 4 is 11.3 Å². The molecule has 0 saturated heterocycles. The third-order valence-electron chi connectivity index (χ3n) is 2.29. The molecule has 2 aromatic rings. The first kappa shape index (κ1) is 11.7. The van der Waals surface area contributed by atoms with Gasteiger partial charge >= 0.3 is 0 Å². The fourth-order valence-electron chi connectivity index (χ4n) is 1.50. The Balaban J connectivity index is 1.92. The minimum atomic E-state index is 0.481. The Labute approximate surface area is 104 Å². The van der Waals surface area contributed by atoms with Crippen molar-refractivity contribution in [2.24, 2.45) is 0 Å². The molecule has 1 N–H and O–H groups in total. The molecule has 5 heteroatoms. The van der Waals surface area contributed by atoms with Crippen LogP contribution in [0.15, 0.2) is 23.7 Å². The van der Waals surface area contributed by atoms with Crippen LogP contribution in [0.1, 0.15) is 22.0 Å². The van der Waals surface area contributed by atoms with Crippen LogP contribution in [-0.4, -0.2) is 9.97 Å². The number of aromatic nitrogens is 2. The Kier molecular flexibility index (Phi) is 3.81. The summed E-state index contributed by atoms with van der Waals surface area (Å²) in [5.41, 5.74) is 2.44. The molecule has 0 aliphatic heterocycles. The fraction of sp³-hybridized carbons (Fsp3) is 0.250. The molecular formula is C12H12N4S. The highest BCUT2D eigenvalue weighted by Crippen LogP contribution is 2.08. The molecule has 0 fully saturated rings. The van der Waals surface area contributed by atoms with E-state index in [0.29, 0.717) is 18.8 Å². The second-order valence-corrected chi connectivity index (χ2v) is 4.65. The predicted molar refractivity (Wildman–Crippen MR) is 66.3 cm³/mol. The van der Waals surface area contributed by atoms with Gasteiger partial charge in [0, 0.05) is 30.2 Å². The fourth-order valence-corrected chi connectivity index (χ4v) is 2.11. The Bertz CT molecular complexity index is 541. The highest BCUT2D eigenvalue weighted by Gasteiger charge is 2.02. The predicted octanol–water partition coefficient (Wildman–Crippen LogP) is 2.01. The lowest BCUT2D eigenvalue weighted by molar-refractivity contribution is 0.678. The molecule has 0 unspecified atom stereocenters. The minimum Gasteiger partial charge on any atom is -0.307 e. The van der Waals surface area contributed by atoms with Gasteiger partial charge in [0.1, 0.15) is 11.8 Å². The molecule has 0 aliphatic rings. The summed E-state index contributed by atoms with van der Waals surface area (Å²) in [4.78, 5) is 8.37. The first-order chi connectivity index (χ1) is 8.29. The van der Waals surface area contributed by atoms with Crippen LogP contribution in [0.3, 0.4) is 0 Å². The molecule has 0 saturated carbocycles. The third-order valence-corrected chi connectivity index (χ3v) is 3.11. The van der Waals surface area contributed by atoms with Crippen molar-refractivity contribution in [3.8, 4) is 6.07 Å². The van der Waals surface area contributed by atoms with E-state index in [1.54, 1.807) is 17.5 Å². The maximum atomic E-state index is 8.89. The molecule has 0 spiro atoms. The Morgan fingerprint density at radius 1 is 1.47 bits per heavy atom. The number of nitriles is 1. The van der Waals surface area contributed by atoms with Gasteiger partial charge in [-0.3, -0.25) is 0 Å². The van der Waals surface area contributed by atoms with Crippen LogP contribution in [0, 0.1) is 18.3 Å². The topological polar surface area (TPSA) is 61.6 Å². The lowest BCUT2D eigenvalue weighted by atomic mass is 10.2. The first-order valence-corrected chi connectivity index (χ1v) is 6.13. The summed E-state index contributed by atoms with van der Waals surface area (Å²) in [7, 11) is 0. The molecule has 0 radical (unpaired) electrons. The summed E-state index contributed by atoms with van der Waals surface area (Å²) in [6.45, 7) is 3.33. The summed E-state index contributed by atoms with van der Waals surface area (Å²) < 4.78 is 0. The van der Waals surface area contributed by atoms with E-state index in [0.717, 1.165) is 16.3 Å². The van der Waals surface area contributed by atoms with Crippen molar-refractivity contribution in [3.05, 3.63) is 45.7 Å². The molecule has 0 aliphatic carbocycles. The molecule has 0 amide bonds. The Morgan fingerprint density at radius 3 is 3.06 bits per heavy atom. The van der Waals surface area contributed by atoms with Gasteiger partial charge in [0.05, 0.1) is 10.7 Å². The zero-order valence-corrected chi connectivity index (χ0v) is 10.3. The number of aryl methyl sites for hydroxylation is 1. The molecule has 2 aromatic heterocycles. The smallest absolute Gasteiger partial charge is 0.144 e. The molecular weight excluding hydrogens is 232 g/mol. The Hall–Kier alpha value is -1.77. The van der Waals surface area contributed by atoms with Crippen LogP contribution in [0.2, 0.25) is 0 Å². The molecule has 0 aromatic carbocycles. The average Bonchev–Trinajstić information content (AvgIpc) is 2.76. The van der Waals surface area contributed by atoms with E-state index in [1.165, 1.54) is 0 Å². The van der Waals surface area contributed by atoms with Gasteiger partial charge < -0.3 is 5.32 Å². The summed E-state index contributed by atoms with van der Waals surface area (Å²) >= 11 is 1.64. The summed E-state index contributed by atoms with van der Waals surface area (Å²) in [5, 5.41) is 15.3. The molecule has 2 rings (SSSR count). The van der Waals surface area contributed by atoms with Crippen molar-refractivity contribution in [1.82, 2.24) is 15.3 Å². The number of rotatable bonds is 4. The summed E-state index contributed by atoms with van der Waals surface area (Å²) in [5.74, 6) is 0. The van der Waals surface area contributed by atoms with Crippen LogP contribution < -0.4 is 5.32 Å². The Morgan fingerprint density at radius 2 is 2.35 bits per heavy atom. The average molecular weight is 244 g/mol. The van der Waals surface area contributed by atoms with Crippen molar-refractivity contribution in [2.45, 2.75) is 20.0 Å². The van der Waals surface area contributed by atoms with E-state index in [2.05, 4.69) is 21.4 Å². The van der Waals surface area contributed by atoms with Gasteiger partial charge in [0.15, 0.2) is 0 Å². The number of thiazole rings is 1. The van der Waals surface area contributed by atoms with Crippen LogP contribution in [0.4, 0.5) is 0 Å². The second kappa shape index (κ2) is 5.53. The van der Waals surface area contributed by atoms with Crippen molar-refractivity contribution < 1.29 is 0 Å². The van der Waals surface area contributed by atoms with Crippen molar-refractivity contribution in [2.75, 3.05) is 0 Å². The highest BCUT2D eigenvalue weighted by molar-refractivity contribution is 7.09. The zero-order chi connectivity index (χ0) is 12.1. The lowest BCUT2D eigenvalue weighted by Gasteiger charge is -2.03. The van der Waals surface area contributed by atoms with E-state index in [-0.39, 0.29) is 0 Å². The number of nitrogens with zero attached hydrogens (tertiary/aromatic N) is 3. The van der Waals surface area contributed by atoms with Crippen LogP contribution in [-0.2, 0) is 13.1 Å². The van der Waals surface area contributed by atoms with E-state index in [4.69, 9.17) is 5.26 Å². The standard InChI is InChI=1S/C12H12N4S/c1-9-16-11(8-17-9)7-14-6-10-3-2-4-15-12(10)5-13/h2-4,8,14H,6-7H2,1H3. The molecule has 86 valence electrons. The summed E-state index contributed by atoms with van der Waals surface area (Å²) in [6.07, 6.45) is 1.63. The maximum Gasteiger partial charge on any atom is 0.144 e. The summed E-state index contributed by atoms with van der Waals surface area (Å²) in [6, 6.07) is 5.83. The van der Waals surface area contributed by atoms with E-state index < -0.39 is 0 Å². The quantitative estimate of drug-likeness (QED) is 0.893. The molecule has 4 nitrogen and oxygen atoms in total. The largest absolute Gasteiger partial charge is 0.307 e. The van der Waals surface area contributed by atoms with E-state index in [1.807, 2.05) is 24.4 Å². The number of hydrogen-bond acceptors (Lipinski definition) is 5. The van der Waals surface area contributed by atoms with Gasteiger partial charge in [-0.2, -0.15) is 5.26 Å². The maximum absolute atomic E-state index is 8.89. The van der Waals surface area contributed by atoms with E-state index >= 15 is 0 Å². The zero-order valence-electron chi connectivity index (χ0n) is 9.47. The van der Waals surface area contributed by atoms with Crippen LogP contribution in [0.25, 0.3) is 0 Å². The molecule has 0 atom stereocenters. The molecule has 0 bridgehead atoms. The van der Waals surface area contributed by atoms with Gasteiger partial charge in [-0.1, -0.05) is 6.07 Å². The number of hydrogen-bond donors (Lipinski definition) is 1. The monoisotopic (exact) mass is 244 g/mol. The molecule has 2 heterocycles. The number of pyridine rings is 1. The van der Waals surface area contributed by atoms with Gasteiger partial charge in [-0.05, 0) is 13.0 Å². The van der Waals surface area contributed by atoms with Crippen LogP contribution >= 0.6 is 11.3 Å². The minimum absolute atomic E-state index is 0.481. The van der Waals surface area contributed by atoms with E-state index in [9.17, 15) is 0 Å². The van der Waals surface area contributed by atoms with Crippen molar-refractivity contribution in [1.29, 1.82) is 5.26 Å². The second-order valence-electron chi connectivity index (χ2n) is 3.58. The SMILES string of the molecule is Cc1nc(CNCc2cccnc2C#N)cs1. The van der Waals surface area contributed by atoms with Gasteiger partial charge in [-0.25, -0.2) is 9.97 Å². The highest BCUT2D eigenvalue weighted by atomic mass is 32.1. The van der Waals surface area contributed by atoms with Gasteiger partial charge in [0.25, 0.3) is 0 Å². The molecule has 17 heavy (non-hydrogen) atoms. The van der Waals surface area contributed by atoms with Gasteiger partial charge in [0.2, 0.25) is 0 Å². The van der Waals surface area contributed by atoms with Crippen molar-refractivity contribution in [3.63, 3.8) is 0 Å². The van der Waals surface area contributed by atoms with Gasteiger partial charge in [-0.15, -0.1) is 11.3 Å². The van der Waals surface area contributed by atoms with Crippen LogP contribution in [0.5, 0.6) is 0 Å².